The number of benzene rings is 1. The van der Waals surface area contributed by atoms with Gasteiger partial charge in [-0.3, -0.25) is 14.9 Å². The van der Waals surface area contributed by atoms with Gasteiger partial charge in [0.1, 0.15) is 16.8 Å². The lowest BCUT2D eigenvalue weighted by Gasteiger charge is -2.23. The van der Waals surface area contributed by atoms with E-state index in [0.717, 1.165) is 17.0 Å². The van der Waals surface area contributed by atoms with Gasteiger partial charge in [-0.2, -0.15) is 8.42 Å². The average molecular weight is 588 g/mol. The Hall–Kier alpha value is -2.93. The molecule has 37 heavy (non-hydrogen) atoms. The number of pyridine rings is 1. The molecule has 0 aliphatic heterocycles. The monoisotopic (exact) mass is 586 g/mol. The van der Waals surface area contributed by atoms with E-state index in [0.29, 0.717) is 36.2 Å². The van der Waals surface area contributed by atoms with Gasteiger partial charge in [0.15, 0.2) is 0 Å². The fourth-order valence-electron chi connectivity index (χ4n) is 3.56. The highest BCUT2D eigenvalue weighted by molar-refractivity contribution is 7.87. The smallest absolute Gasteiger partial charge is 0.328 e. The predicted molar refractivity (Wildman–Crippen MR) is 146 cm³/mol. The zero-order valence-electron chi connectivity index (χ0n) is 19.7. The summed E-state index contributed by atoms with van der Waals surface area (Å²) in [5, 5.41) is 13.9. The Morgan fingerprint density at radius 2 is 1.84 bits per heavy atom. The highest BCUT2D eigenvalue weighted by atomic mass is 35.5. The standard InChI is InChI=1S/C23H24Cl2N4O6S2/c1-16(30)27-22-7-2-17(15-26-22)14-21(20-8-13-36-23(20)29(31)32)37(33,34)35-19-5-3-18(4-6-19)28(11-9-24)12-10-25/h2-8,13,15,21H,9-12,14H2,1H3,(H,26,27,30). The zero-order valence-corrected chi connectivity index (χ0v) is 22.8. The molecule has 1 aromatic carbocycles. The van der Waals surface area contributed by atoms with E-state index >= 15 is 0 Å². The van der Waals surface area contributed by atoms with Crippen LogP contribution >= 0.6 is 34.5 Å². The second kappa shape index (κ2) is 13.0. The Labute approximate surface area is 228 Å². The molecule has 198 valence electrons. The largest absolute Gasteiger partial charge is 0.382 e. The number of carbonyl (C=O) groups is 1. The summed E-state index contributed by atoms with van der Waals surface area (Å²) in [6.07, 6.45) is 1.27. The molecule has 1 amide bonds. The molecule has 1 unspecified atom stereocenters. The third-order valence-corrected chi connectivity index (χ3v) is 7.97. The first-order valence-corrected chi connectivity index (χ1v) is 14.4. The molecule has 0 saturated carbocycles. The summed E-state index contributed by atoms with van der Waals surface area (Å²) < 4.78 is 32.3. The van der Waals surface area contributed by atoms with Gasteiger partial charge in [0.25, 0.3) is 0 Å². The number of hydrogen-bond acceptors (Lipinski definition) is 9. The van der Waals surface area contributed by atoms with E-state index < -0.39 is 20.3 Å². The Balaban J connectivity index is 1.90. The van der Waals surface area contributed by atoms with Crippen molar-refractivity contribution in [3.05, 3.63) is 75.3 Å². The van der Waals surface area contributed by atoms with E-state index in [1.54, 1.807) is 18.2 Å². The molecule has 0 radical (unpaired) electrons. The SMILES string of the molecule is CC(=O)Nc1ccc(CC(c2ccsc2[N+](=O)[O-])S(=O)(=O)Oc2ccc(N(CCCl)CCCl)cc2)cn1. The number of halogens is 2. The molecule has 0 fully saturated rings. The molecular formula is C23H24Cl2N4O6S2. The molecular weight excluding hydrogens is 563 g/mol. The van der Waals surface area contributed by atoms with Gasteiger partial charge in [-0.15, -0.1) is 23.2 Å². The van der Waals surface area contributed by atoms with Crippen LogP contribution in [0.25, 0.3) is 0 Å². The van der Waals surface area contributed by atoms with Crippen molar-refractivity contribution in [3.8, 4) is 5.75 Å². The van der Waals surface area contributed by atoms with Gasteiger partial charge in [-0.1, -0.05) is 17.4 Å². The highest BCUT2D eigenvalue weighted by Gasteiger charge is 2.36. The zero-order chi connectivity index (χ0) is 27.0. The number of amides is 1. The van der Waals surface area contributed by atoms with Crippen LogP contribution in [0.2, 0.25) is 0 Å². The van der Waals surface area contributed by atoms with Crippen molar-refractivity contribution in [3.63, 3.8) is 0 Å². The second-order valence-electron chi connectivity index (χ2n) is 7.80. The lowest BCUT2D eigenvalue weighted by atomic mass is 10.1. The first-order valence-electron chi connectivity index (χ1n) is 11.0. The number of nitro groups is 1. The fraction of sp³-hybridized carbons (Fsp3) is 0.304. The predicted octanol–water partition coefficient (Wildman–Crippen LogP) is 4.99. The van der Waals surface area contributed by atoms with Crippen LogP contribution in [0.15, 0.2) is 54.0 Å². The van der Waals surface area contributed by atoms with Gasteiger partial charge in [0.05, 0.1) is 10.5 Å². The van der Waals surface area contributed by atoms with Crippen LogP contribution in [-0.4, -0.2) is 49.1 Å². The summed E-state index contributed by atoms with van der Waals surface area (Å²) in [5.41, 5.74) is 1.30. The van der Waals surface area contributed by atoms with Crippen molar-refractivity contribution in [2.24, 2.45) is 0 Å². The Bertz CT molecular complexity index is 1310. The minimum atomic E-state index is -4.39. The molecule has 1 atom stereocenters. The first kappa shape index (κ1) is 28.6. The third-order valence-electron chi connectivity index (χ3n) is 5.21. The maximum Gasteiger partial charge on any atom is 0.328 e. The number of alkyl halides is 2. The molecule has 3 aromatic rings. The summed E-state index contributed by atoms with van der Waals surface area (Å²) in [5.74, 6) is 0.840. The normalized spacial score (nSPS) is 12.1. The van der Waals surface area contributed by atoms with E-state index in [1.807, 2.05) is 4.90 Å². The van der Waals surface area contributed by atoms with Crippen LogP contribution < -0.4 is 14.4 Å². The minimum Gasteiger partial charge on any atom is -0.382 e. The summed E-state index contributed by atoms with van der Waals surface area (Å²) in [4.78, 5) is 28.3. The van der Waals surface area contributed by atoms with Crippen molar-refractivity contribution < 1.29 is 22.3 Å². The molecule has 0 aliphatic rings. The van der Waals surface area contributed by atoms with E-state index in [9.17, 15) is 23.3 Å². The van der Waals surface area contributed by atoms with Gasteiger partial charge in [0, 0.05) is 43.7 Å². The first-order chi connectivity index (χ1) is 17.6. The molecule has 0 saturated heterocycles. The molecule has 0 bridgehead atoms. The Morgan fingerprint density at radius 3 is 2.38 bits per heavy atom. The van der Waals surface area contributed by atoms with E-state index in [-0.39, 0.29) is 28.6 Å². The number of aromatic nitrogens is 1. The molecule has 3 rings (SSSR count). The van der Waals surface area contributed by atoms with Crippen molar-refractivity contribution in [1.29, 1.82) is 0 Å². The van der Waals surface area contributed by atoms with Gasteiger partial charge in [-0.25, -0.2) is 4.98 Å². The fourth-order valence-corrected chi connectivity index (χ4v) is 6.22. The van der Waals surface area contributed by atoms with Crippen molar-refractivity contribution in [1.82, 2.24) is 4.98 Å². The molecule has 2 heterocycles. The maximum absolute atomic E-state index is 13.5. The summed E-state index contributed by atoms with van der Waals surface area (Å²) in [6.45, 7) is 2.46. The van der Waals surface area contributed by atoms with E-state index in [1.165, 1.54) is 42.8 Å². The topological polar surface area (TPSA) is 132 Å². The van der Waals surface area contributed by atoms with Gasteiger partial charge in [0.2, 0.25) is 5.91 Å². The number of anilines is 2. The Morgan fingerprint density at radius 1 is 1.16 bits per heavy atom. The number of rotatable bonds is 13. The Kier molecular flexibility index (Phi) is 10.1. The van der Waals surface area contributed by atoms with E-state index in [4.69, 9.17) is 27.4 Å². The van der Waals surface area contributed by atoms with Crippen molar-refractivity contribution in [2.75, 3.05) is 35.1 Å². The van der Waals surface area contributed by atoms with Crippen molar-refractivity contribution in [2.45, 2.75) is 18.6 Å². The van der Waals surface area contributed by atoms with E-state index in [2.05, 4.69) is 10.3 Å². The second-order valence-corrected chi connectivity index (χ2v) is 11.2. The third kappa shape index (κ3) is 7.78. The highest BCUT2D eigenvalue weighted by Crippen LogP contribution is 2.38. The molecule has 10 nitrogen and oxygen atoms in total. The van der Waals surface area contributed by atoms with Crippen LogP contribution in [-0.2, 0) is 21.3 Å². The number of hydrogen-bond donors (Lipinski definition) is 1. The number of thiophene rings is 1. The van der Waals surface area contributed by atoms with Crippen LogP contribution in [0.1, 0.15) is 23.3 Å². The summed E-state index contributed by atoms with van der Waals surface area (Å²) in [6, 6.07) is 10.9. The maximum atomic E-state index is 13.5. The quantitative estimate of drug-likeness (QED) is 0.128. The van der Waals surface area contributed by atoms with Crippen LogP contribution in [0.3, 0.4) is 0 Å². The van der Waals surface area contributed by atoms with Gasteiger partial charge >= 0.3 is 15.1 Å². The molecule has 14 heteroatoms. The molecule has 2 aromatic heterocycles. The number of nitrogens with one attached hydrogen (secondary N) is 1. The lowest BCUT2D eigenvalue weighted by molar-refractivity contribution is -0.380. The van der Waals surface area contributed by atoms with Crippen LogP contribution in [0.5, 0.6) is 5.75 Å². The number of nitrogens with zero attached hydrogens (tertiary/aromatic N) is 3. The molecule has 0 spiro atoms. The number of carbonyl (C=O) groups excluding carboxylic acids is 1. The lowest BCUT2D eigenvalue weighted by Crippen LogP contribution is -2.27. The molecule has 0 aliphatic carbocycles. The van der Waals surface area contributed by atoms with Crippen LogP contribution in [0.4, 0.5) is 16.5 Å². The van der Waals surface area contributed by atoms with Crippen molar-refractivity contribution >= 4 is 67.1 Å². The average Bonchev–Trinajstić information content (AvgIpc) is 3.33. The minimum absolute atomic E-state index is 0.0213. The van der Waals surface area contributed by atoms with Gasteiger partial charge in [-0.05, 0) is 53.8 Å². The van der Waals surface area contributed by atoms with Crippen LogP contribution in [0, 0.1) is 10.1 Å². The van der Waals surface area contributed by atoms with Gasteiger partial charge < -0.3 is 14.4 Å². The molecule has 1 N–H and O–H groups in total. The summed E-state index contributed by atoms with van der Waals surface area (Å²) >= 11 is 12.5. The summed E-state index contributed by atoms with van der Waals surface area (Å²) in [7, 11) is -4.39.